The molecule has 7 heteroatoms. The quantitative estimate of drug-likeness (QED) is 0.483. The molecule has 0 radical (unpaired) electrons. The van der Waals surface area contributed by atoms with Crippen LogP contribution in [-0.2, 0) is 9.47 Å². The number of nitrogens with zero attached hydrogens (tertiary/aromatic N) is 1. The predicted octanol–water partition coefficient (Wildman–Crippen LogP) is 3.37. The van der Waals surface area contributed by atoms with Crippen molar-refractivity contribution < 1.29 is 28.5 Å². The Morgan fingerprint density at radius 3 is 2.21 bits per heavy atom. The van der Waals surface area contributed by atoms with Gasteiger partial charge in [-0.05, 0) is 39.0 Å². The third kappa shape index (κ3) is 4.36. The molecule has 1 unspecified atom stereocenters. The molecule has 0 aliphatic heterocycles. The molecule has 1 aromatic heterocycles. The lowest BCUT2D eigenvalue weighted by atomic mass is 10.1. The van der Waals surface area contributed by atoms with Crippen molar-refractivity contribution in [3.63, 3.8) is 0 Å². The molecule has 0 aliphatic rings. The molecule has 152 valence electrons. The van der Waals surface area contributed by atoms with Gasteiger partial charge in [0.25, 0.3) is 0 Å². The van der Waals surface area contributed by atoms with E-state index in [0.29, 0.717) is 23.7 Å². The van der Waals surface area contributed by atoms with Crippen LogP contribution in [0.1, 0.15) is 45.1 Å². The van der Waals surface area contributed by atoms with Gasteiger partial charge in [0, 0.05) is 24.1 Å². The molecule has 0 amide bonds. The van der Waals surface area contributed by atoms with Crippen molar-refractivity contribution in [2.75, 3.05) is 34.5 Å². The maximum Gasteiger partial charge on any atom is 0.346 e. The first-order valence-corrected chi connectivity index (χ1v) is 8.94. The van der Waals surface area contributed by atoms with Crippen LogP contribution in [-0.4, -0.2) is 50.9 Å². The van der Waals surface area contributed by atoms with Crippen molar-refractivity contribution in [2.24, 2.45) is 0 Å². The van der Waals surface area contributed by atoms with E-state index < -0.39 is 5.97 Å². The Morgan fingerprint density at radius 1 is 1.07 bits per heavy atom. The van der Waals surface area contributed by atoms with Crippen molar-refractivity contribution in [2.45, 2.75) is 26.8 Å². The first-order chi connectivity index (χ1) is 13.3. The highest BCUT2D eigenvalue weighted by Gasteiger charge is 2.23. The fraction of sp³-hybridized carbons (Fsp3) is 0.429. The molecule has 0 aliphatic carbocycles. The van der Waals surface area contributed by atoms with Crippen LogP contribution >= 0.6 is 0 Å². The second kappa shape index (κ2) is 9.41. The molecule has 0 N–H and O–H groups in total. The molecule has 0 bridgehead atoms. The zero-order valence-corrected chi connectivity index (χ0v) is 17.2. The van der Waals surface area contributed by atoms with E-state index in [-0.39, 0.29) is 24.0 Å². The summed E-state index contributed by atoms with van der Waals surface area (Å²) in [5, 5.41) is 0. The smallest absolute Gasteiger partial charge is 0.346 e. The number of aryl methyl sites for hydroxylation is 1. The highest BCUT2D eigenvalue weighted by molar-refractivity contribution is 6.01. The molecule has 7 nitrogen and oxygen atoms in total. The average Bonchev–Trinajstić information content (AvgIpc) is 2.99. The zero-order valence-electron chi connectivity index (χ0n) is 17.2. The van der Waals surface area contributed by atoms with Gasteiger partial charge in [-0.1, -0.05) is 6.07 Å². The number of ether oxygens (including phenoxy) is 4. The summed E-state index contributed by atoms with van der Waals surface area (Å²) in [6.45, 7) is 5.99. The number of Topliss-reactive ketones (excluding diaryl/α,β-unsaturated/α-hetero) is 1. The molecule has 0 saturated carbocycles. The van der Waals surface area contributed by atoms with E-state index in [4.69, 9.17) is 18.9 Å². The lowest BCUT2D eigenvalue weighted by molar-refractivity contribution is 0.0468. The van der Waals surface area contributed by atoms with Crippen molar-refractivity contribution in [3.8, 4) is 11.5 Å². The number of esters is 1. The Kier molecular flexibility index (Phi) is 7.23. The van der Waals surface area contributed by atoms with Crippen LogP contribution < -0.4 is 9.47 Å². The summed E-state index contributed by atoms with van der Waals surface area (Å²) in [6.07, 6.45) is 0. The first kappa shape index (κ1) is 21.5. The van der Waals surface area contributed by atoms with Crippen LogP contribution in [0.25, 0.3) is 0 Å². The van der Waals surface area contributed by atoms with Crippen molar-refractivity contribution in [3.05, 3.63) is 46.8 Å². The Labute approximate surface area is 165 Å². The molecule has 2 aromatic rings. The number of hydrogen-bond acceptors (Lipinski definition) is 6. The molecule has 0 spiro atoms. The topological polar surface area (TPSA) is 76.0 Å². The van der Waals surface area contributed by atoms with Crippen molar-refractivity contribution in [1.29, 1.82) is 0 Å². The van der Waals surface area contributed by atoms with Crippen LogP contribution in [0.5, 0.6) is 11.5 Å². The Hall–Kier alpha value is -2.80. The number of benzene rings is 1. The van der Waals surface area contributed by atoms with Crippen LogP contribution in [0, 0.1) is 13.8 Å². The molecule has 1 heterocycles. The van der Waals surface area contributed by atoms with Crippen molar-refractivity contribution in [1.82, 2.24) is 4.57 Å². The molecule has 2 rings (SSSR count). The number of carbonyl (C=O) groups is 2. The van der Waals surface area contributed by atoms with Gasteiger partial charge in [-0.3, -0.25) is 4.79 Å². The monoisotopic (exact) mass is 389 g/mol. The Bertz CT molecular complexity index is 833. The summed E-state index contributed by atoms with van der Waals surface area (Å²) in [7, 11) is 4.54. The van der Waals surface area contributed by atoms with Gasteiger partial charge in [0.05, 0.1) is 26.9 Å². The lowest BCUT2D eigenvalue weighted by Crippen LogP contribution is -2.17. The zero-order chi connectivity index (χ0) is 20.8. The van der Waals surface area contributed by atoms with Gasteiger partial charge in [-0.15, -0.1) is 0 Å². The third-order valence-electron chi connectivity index (χ3n) is 4.60. The summed E-state index contributed by atoms with van der Waals surface area (Å²) in [5.41, 5.74) is 2.45. The van der Waals surface area contributed by atoms with E-state index in [0.717, 1.165) is 11.4 Å². The Balaban J connectivity index is 2.17. The highest BCUT2D eigenvalue weighted by atomic mass is 16.5. The third-order valence-corrected chi connectivity index (χ3v) is 4.60. The minimum atomic E-state index is -0.677. The normalized spacial score (nSPS) is 11.8. The minimum Gasteiger partial charge on any atom is -0.496 e. The van der Waals surface area contributed by atoms with Gasteiger partial charge < -0.3 is 23.5 Å². The molecule has 0 fully saturated rings. The summed E-state index contributed by atoms with van der Waals surface area (Å²) in [5.74, 6) is -0.304. The van der Waals surface area contributed by atoms with Crippen LogP contribution in [0.2, 0.25) is 0 Å². The van der Waals surface area contributed by atoms with Crippen LogP contribution in [0.15, 0.2) is 24.3 Å². The van der Waals surface area contributed by atoms with Crippen LogP contribution in [0.3, 0.4) is 0 Å². The predicted molar refractivity (Wildman–Crippen MR) is 105 cm³/mol. The standard InChI is InChI=1S/C21H27NO6/c1-13-10-16(15(3)22(13)14(2)11-25-4)17(23)12-28-21(24)20-18(26-5)8-7-9-19(20)27-6/h7-10,14H,11-12H2,1-6H3. The maximum atomic E-state index is 12.7. The first-order valence-electron chi connectivity index (χ1n) is 8.94. The summed E-state index contributed by atoms with van der Waals surface area (Å²) >= 11 is 0. The average molecular weight is 389 g/mol. The second-order valence-corrected chi connectivity index (χ2v) is 6.50. The number of carbonyl (C=O) groups excluding carboxylic acids is 2. The largest absolute Gasteiger partial charge is 0.496 e. The van der Waals surface area contributed by atoms with E-state index in [1.807, 2.05) is 25.3 Å². The van der Waals surface area contributed by atoms with Gasteiger partial charge in [0.1, 0.15) is 17.1 Å². The number of ketones is 1. The van der Waals surface area contributed by atoms with Crippen molar-refractivity contribution >= 4 is 11.8 Å². The molecular weight excluding hydrogens is 362 g/mol. The molecule has 0 saturated heterocycles. The lowest BCUT2D eigenvalue weighted by Gasteiger charge is -2.17. The Morgan fingerprint density at radius 2 is 1.68 bits per heavy atom. The van der Waals surface area contributed by atoms with E-state index in [1.165, 1.54) is 14.2 Å². The molecule has 1 aromatic carbocycles. The SMILES string of the molecule is COCC(C)n1c(C)cc(C(=O)COC(=O)c2c(OC)cccc2OC)c1C. The highest BCUT2D eigenvalue weighted by Crippen LogP contribution is 2.29. The van der Waals surface area contributed by atoms with Gasteiger partial charge in [-0.25, -0.2) is 4.79 Å². The maximum absolute atomic E-state index is 12.7. The summed E-state index contributed by atoms with van der Waals surface area (Å²) in [6, 6.07) is 6.86. The van der Waals surface area contributed by atoms with Gasteiger partial charge in [-0.2, -0.15) is 0 Å². The number of methoxy groups -OCH3 is 3. The molecular formula is C21H27NO6. The number of hydrogen-bond donors (Lipinski definition) is 0. The van der Waals surface area contributed by atoms with Gasteiger partial charge >= 0.3 is 5.97 Å². The number of rotatable bonds is 9. The van der Waals surface area contributed by atoms with E-state index in [1.54, 1.807) is 31.4 Å². The fourth-order valence-electron chi connectivity index (χ4n) is 3.39. The summed E-state index contributed by atoms with van der Waals surface area (Å²) < 4.78 is 22.9. The molecule has 28 heavy (non-hydrogen) atoms. The van der Waals surface area contributed by atoms with E-state index in [9.17, 15) is 9.59 Å². The van der Waals surface area contributed by atoms with Crippen LogP contribution in [0.4, 0.5) is 0 Å². The van der Waals surface area contributed by atoms with Gasteiger partial charge in [0.2, 0.25) is 5.78 Å². The second-order valence-electron chi connectivity index (χ2n) is 6.50. The van der Waals surface area contributed by atoms with E-state index >= 15 is 0 Å². The summed E-state index contributed by atoms with van der Waals surface area (Å²) in [4.78, 5) is 25.2. The fourth-order valence-corrected chi connectivity index (χ4v) is 3.39. The minimum absolute atomic E-state index is 0.0898. The number of aromatic nitrogens is 1. The van der Waals surface area contributed by atoms with E-state index in [2.05, 4.69) is 0 Å². The van der Waals surface area contributed by atoms with Gasteiger partial charge in [0.15, 0.2) is 6.61 Å². The molecule has 1 atom stereocenters.